The number of aryl methyl sites for hydroxylation is 2. The lowest BCUT2D eigenvalue weighted by molar-refractivity contribution is 0.0697. The molecule has 4 aromatic rings. The van der Waals surface area contributed by atoms with Gasteiger partial charge in [-0.05, 0) is 85.7 Å². The van der Waals surface area contributed by atoms with Crippen LogP contribution >= 0.6 is 0 Å². The molecule has 0 unspecified atom stereocenters. The zero-order valence-corrected chi connectivity index (χ0v) is 25.7. The van der Waals surface area contributed by atoms with Crippen LogP contribution in [0, 0.1) is 6.92 Å². The third kappa shape index (κ3) is 6.61. The zero-order chi connectivity index (χ0) is 30.3. The number of urea groups is 1. The van der Waals surface area contributed by atoms with Crippen LogP contribution in [-0.4, -0.2) is 39.2 Å². The van der Waals surface area contributed by atoms with Gasteiger partial charge in [-0.15, -0.1) is 0 Å². The molecule has 5 rings (SSSR count). The maximum Gasteiger partial charge on any atom is 0.336 e. The van der Waals surface area contributed by atoms with Gasteiger partial charge in [-0.2, -0.15) is 0 Å². The second kappa shape index (κ2) is 13.9. The lowest BCUT2D eigenvalue weighted by Crippen LogP contribution is -2.47. The van der Waals surface area contributed by atoms with Crippen molar-refractivity contribution in [2.45, 2.75) is 91.0 Å². The second-order valence-electron chi connectivity index (χ2n) is 11.7. The molecule has 1 aliphatic carbocycles. The van der Waals surface area contributed by atoms with Gasteiger partial charge in [0.15, 0.2) is 0 Å². The van der Waals surface area contributed by atoms with E-state index in [0.717, 1.165) is 97.1 Å². The van der Waals surface area contributed by atoms with Crippen LogP contribution in [0.25, 0.3) is 27.8 Å². The van der Waals surface area contributed by atoms with Crippen molar-refractivity contribution in [3.8, 4) is 16.8 Å². The van der Waals surface area contributed by atoms with Crippen LogP contribution in [0.5, 0.6) is 0 Å². The Balaban J connectivity index is 1.60. The van der Waals surface area contributed by atoms with Crippen LogP contribution in [0.15, 0.2) is 60.7 Å². The molecule has 0 radical (unpaired) electrons. The van der Waals surface area contributed by atoms with Crippen molar-refractivity contribution in [3.05, 3.63) is 77.6 Å². The van der Waals surface area contributed by atoms with E-state index in [1.807, 2.05) is 30.0 Å². The molecule has 1 aliphatic rings. The molecule has 1 fully saturated rings. The molecule has 0 saturated heterocycles. The summed E-state index contributed by atoms with van der Waals surface area (Å²) < 4.78 is 2.22. The van der Waals surface area contributed by atoms with Gasteiger partial charge >= 0.3 is 12.0 Å². The first-order chi connectivity index (χ1) is 20.9. The highest BCUT2D eigenvalue weighted by atomic mass is 16.4. The molecule has 3 aromatic carbocycles. The highest BCUT2D eigenvalue weighted by molar-refractivity contribution is 5.97. The van der Waals surface area contributed by atoms with Gasteiger partial charge in [0.1, 0.15) is 5.82 Å². The maximum atomic E-state index is 13.6. The summed E-state index contributed by atoms with van der Waals surface area (Å²) in [6, 6.07) is 19.7. The van der Waals surface area contributed by atoms with Crippen molar-refractivity contribution >= 4 is 28.7 Å². The molecule has 0 atom stereocenters. The monoisotopic (exact) mass is 580 g/mol. The van der Waals surface area contributed by atoms with Gasteiger partial charge in [0, 0.05) is 30.4 Å². The SMILES string of the molecule is CCCCNC(=O)N(c1ccc2nc(CCCC)n(-c3ccc(-c4ccccc4C(=O)O)c(C)c3)c2c1)C1CCCCC1. The largest absolute Gasteiger partial charge is 0.478 e. The minimum absolute atomic E-state index is 0.0192. The van der Waals surface area contributed by atoms with Crippen LogP contribution < -0.4 is 10.2 Å². The van der Waals surface area contributed by atoms with Crippen LogP contribution in [0.2, 0.25) is 0 Å². The normalized spacial score (nSPS) is 13.7. The predicted octanol–water partition coefficient (Wildman–Crippen LogP) is 8.69. The molecule has 2 N–H and O–H groups in total. The van der Waals surface area contributed by atoms with Crippen molar-refractivity contribution in [2.75, 3.05) is 11.4 Å². The standard InChI is InChI=1S/C36H44N4O3/c1-4-6-17-34-38-32-21-19-28(39(26-13-9-8-10-14-26)36(43)37-22-7-5-2)24-33(32)40(34)27-18-20-29(25(3)23-27)30-15-11-12-16-31(30)35(41)42/h11-12,15-16,18-21,23-24,26H,4-10,13-14,17,22H2,1-3H3,(H,37,43)(H,41,42). The Morgan fingerprint density at radius 2 is 1.72 bits per heavy atom. The molecule has 0 aliphatic heterocycles. The first kappa shape index (κ1) is 30.3. The fourth-order valence-corrected chi connectivity index (χ4v) is 6.34. The summed E-state index contributed by atoms with van der Waals surface area (Å²) in [6.07, 6.45) is 10.4. The van der Waals surface area contributed by atoms with Gasteiger partial charge in [0.05, 0.1) is 16.6 Å². The van der Waals surface area contributed by atoms with E-state index >= 15 is 0 Å². The Kier molecular flexibility index (Phi) is 9.80. The maximum absolute atomic E-state index is 13.6. The molecule has 1 saturated carbocycles. The summed E-state index contributed by atoms with van der Waals surface area (Å²) in [5, 5.41) is 13.0. The Morgan fingerprint density at radius 1 is 0.953 bits per heavy atom. The number of rotatable bonds is 11. The van der Waals surface area contributed by atoms with E-state index in [1.165, 1.54) is 6.42 Å². The number of nitrogens with zero attached hydrogens (tertiary/aromatic N) is 3. The first-order valence-corrected chi connectivity index (χ1v) is 15.9. The summed E-state index contributed by atoms with van der Waals surface area (Å²) in [5.74, 6) is 0.0546. The summed E-state index contributed by atoms with van der Waals surface area (Å²) in [4.78, 5) is 32.6. The molecule has 226 valence electrons. The summed E-state index contributed by atoms with van der Waals surface area (Å²) in [6.45, 7) is 7.02. The van der Waals surface area contributed by atoms with Crippen molar-refractivity contribution in [2.24, 2.45) is 0 Å². The van der Waals surface area contributed by atoms with E-state index < -0.39 is 5.97 Å². The van der Waals surface area contributed by atoms with Gasteiger partial charge in [-0.25, -0.2) is 14.6 Å². The smallest absolute Gasteiger partial charge is 0.336 e. The molecule has 7 nitrogen and oxygen atoms in total. The van der Waals surface area contributed by atoms with E-state index in [-0.39, 0.29) is 12.1 Å². The van der Waals surface area contributed by atoms with Crippen LogP contribution in [0.4, 0.5) is 10.5 Å². The quantitative estimate of drug-likeness (QED) is 0.174. The lowest BCUT2D eigenvalue weighted by atomic mass is 9.94. The van der Waals surface area contributed by atoms with Crippen molar-refractivity contribution in [1.29, 1.82) is 0 Å². The molecule has 1 heterocycles. The van der Waals surface area contributed by atoms with Gasteiger partial charge in [0.2, 0.25) is 0 Å². The van der Waals surface area contributed by atoms with E-state index in [4.69, 9.17) is 4.98 Å². The number of amides is 2. The summed E-state index contributed by atoms with van der Waals surface area (Å²) >= 11 is 0. The average molecular weight is 581 g/mol. The minimum atomic E-state index is -0.935. The molecule has 0 spiro atoms. The van der Waals surface area contributed by atoms with Crippen LogP contribution in [0.1, 0.15) is 93.4 Å². The third-order valence-electron chi connectivity index (χ3n) is 8.62. The van der Waals surface area contributed by atoms with E-state index in [1.54, 1.807) is 12.1 Å². The number of hydrogen-bond donors (Lipinski definition) is 2. The van der Waals surface area contributed by atoms with Crippen molar-refractivity contribution in [3.63, 3.8) is 0 Å². The molecular weight excluding hydrogens is 536 g/mol. The number of nitrogens with one attached hydrogen (secondary N) is 1. The summed E-state index contributed by atoms with van der Waals surface area (Å²) in [5.41, 5.74) is 6.65. The van der Waals surface area contributed by atoms with Crippen LogP contribution in [-0.2, 0) is 6.42 Å². The second-order valence-corrected chi connectivity index (χ2v) is 11.7. The van der Waals surface area contributed by atoms with Gasteiger partial charge < -0.3 is 10.4 Å². The number of fused-ring (bicyclic) bond motifs is 1. The number of aromatic nitrogens is 2. The number of hydrogen-bond acceptors (Lipinski definition) is 3. The molecular formula is C36H44N4O3. The van der Waals surface area contributed by atoms with Crippen molar-refractivity contribution < 1.29 is 14.7 Å². The number of unbranched alkanes of at least 4 members (excludes halogenated alkanes) is 2. The lowest BCUT2D eigenvalue weighted by Gasteiger charge is -2.34. The van der Waals surface area contributed by atoms with E-state index in [9.17, 15) is 14.7 Å². The fourth-order valence-electron chi connectivity index (χ4n) is 6.34. The highest BCUT2D eigenvalue weighted by Crippen LogP contribution is 2.34. The predicted molar refractivity (Wildman–Crippen MR) is 174 cm³/mol. The topological polar surface area (TPSA) is 87.5 Å². The number of benzene rings is 3. The average Bonchev–Trinajstić information content (AvgIpc) is 3.38. The van der Waals surface area contributed by atoms with Gasteiger partial charge in [-0.3, -0.25) is 9.47 Å². The number of carbonyl (C=O) groups is 2. The molecule has 1 aromatic heterocycles. The van der Waals surface area contributed by atoms with Gasteiger partial charge in [0.25, 0.3) is 0 Å². The van der Waals surface area contributed by atoms with Crippen molar-refractivity contribution in [1.82, 2.24) is 14.9 Å². The minimum Gasteiger partial charge on any atom is -0.478 e. The number of carboxylic acid groups (broad SMARTS) is 1. The Labute approximate surface area is 254 Å². The van der Waals surface area contributed by atoms with E-state index in [0.29, 0.717) is 17.7 Å². The molecule has 7 heteroatoms. The number of imidazole rings is 1. The number of carboxylic acids is 1. The van der Waals surface area contributed by atoms with Crippen LogP contribution in [0.3, 0.4) is 0 Å². The van der Waals surface area contributed by atoms with Gasteiger partial charge in [-0.1, -0.05) is 70.2 Å². The van der Waals surface area contributed by atoms with E-state index in [2.05, 4.69) is 54.1 Å². The molecule has 2 amide bonds. The third-order valence-corrected chi connectivity index (χ3v) is 8.62. The molecule has 0 bridgehead atoms. The first-order valence-electron chi connectivity index (χ1n) is 15.9. The number of carbonyl (C=O) groups excluding carboxylic acids is 1. The Bertz CT molecular complexity index is 1580. The Hall–Kier alpha value is -4.13. The highest BCUT2D eigenvalue weighted by Gasteiger charge is 2.28. The fraction of sp³-hybridized carbons (Fsp3) is 0.417. The molecule has 43 heavy (non-hydrogen) atoms. The number of aromatic carboxylic acids is 1. The zero-order valence-electron chi connectivity index (χ0n) is 25.7. The number of anilines is 1. The Morgan fingerprint density at radius 3 is 2.44 bits per heavy atom. The summed E-state index contributed by atoms with van der Waals surface area (Å²) in [7, 11) is 0.